The van der Waals surface area contributed by atoms with E-state index in [0.717, 1.165) is 4.90 Å². The van der Waals surface area contributed by atoms with Crippen molar-refractivity contribution >= 4 is 68.7 Å². The Morgan fingerprint density at radius 2 is 1.80 bits per heavy atom. The number of unbranched alkanes of at least 4 members (excludes halogenated alkanes) is 2. The van der Waals surface area contributed by atoms with Gasteiger partial charge in [0.25, 0.3) is 11.8 Å². The van der Waals surface area contributed by atoms with E-state index >= 15 is 0 Å². The number of rotatable bonds is 9. The fraction of sp³-hybridized carbons (Fsp3) is 0.536. The number of phenols is 1. The Hall–Kier alpha value is -2.63. The summed E-state index contributed by atoms with van der Waals surface area (Å²) in [5.41, 5.74) is 0.994. The molecule has 4 aliphatic rings. The summed E-state index contributed by atoms with van der Waals surface area (Å²) in [6.45, 7) is 0.172. The molecule has 0 aromatic heterocycles. The number of aliphatic carboxylic acids is 1. The number of carboxylic acids is 1. The number of aromatic hydroxyl groups is 1. The molecule has 13 heteroatoms. The average molecular weight is 672 g/mol. The molecule has 1 saturated carbocycles. The number of imide groups is 2. The number of hydrogen-bond acceptors (Lipinski definition) is 7. The van der Waals surface area contributed by atoms with Gasteiger partial charge in [-0.25, -0.2) is 0 Å². The highest BCUT2D eigenvalue weighted by molar-refractivity contribution is 9.09. The van der Waals surface area contributed by atoms with Gasteiger partial charge in [-0.15, -0.1) is 23.2 Å². The molecule has 2 N–H and O–H groups in total. The largest absolute Gasteiger partial charge is 0.504 e. The van der Waals surface area contributed by atoms with Crippen LogP contribution in [0.25, 0.3) is 0 Å². The van der Waals surface area contributed by atoms with Gasteiger partial charge in [-0.1, -0.05) is 40.1 Å². The Morgan fingerprint density at radius 3 is 2.46 bits per heavy atom. The number of hydrogen-bond donors (Lipinski definition) is 2. The van der Waals surface area contributed by atoms with E-state index in [4.69, 9.17) is 33.0 Å². The normalized spacial score (nSPS) is 32.5. The van der Waals surface area contributed by atoms with Crippen LogP contribution in [-0.4, -0.2) is 78.5 Å². The number of nitrogens with zero attached hydrogens (tertiary/aromatic N) is 2. The molecule has 6 atom stereocenters. The van der Waals surface area contributed by atoms with Crippen LogP contribution in [0.4, 0.5) is 0 Å². The molecule has 0 unspecified atom stereocenters. The van der Waals surface area contributed by atoms with Gasteiger partial charge in [-0.2, -0.15) is 0 Å². The van der Waals surface area contributed by atoms with Crippen LogP contribution in [-0.2, 0) is 24.0 Å². The third-order valence-corrected chi connectivity index (χ3v) is 10.8. The third-order valence-electron chi connectivity index (χ3n) is 8.92. The molecule has 0 radical (unpaired) electrons. The predicted octanol–water partition coefficient (Wildman–Crippen LogP) is 3.76. The fourth-order valence-corrected chi connectivity index (χ4v) is 8.43. The minimum Gasteiger partial charge on any atom is -0.504 e. The number of likely N-dealkylation sites (tertiary alicyclic amines) is 2. The lowest BCUT2D eigenvalue weighted by atomic mass is 9.56. The number of amides is 4. The van der Waals surface area contributed by atoms with Crippen molar-refractivity contribution in [3.8, 4) is 11.5 Å². The molecule has 2 saturated heterocycles. The van der Waals surface area contributed by atoms with Crippen LogP contribution in [0.2, 0.25) is 0 Å². The van der Waals surface area contributed by atoms with Crippen LogP contribution in [0.15, 0.2) is 29.8 Å². The number of fused-ring (bicyclic) bond motifs is 4. The summed E-state index contributed by atoms with van der Waals surface area (Å²) in [5.74, 6) is -5.97. The van der Waals surface area contributed by atoms with E-state index < -0.39 is 51.2 Å². The molecular formula is C28H29BrCl2N2O8. The molecule has 0 spiro atoms. The summed E-state index contributed by atoms with van der Waals surface area (Å²) >= 11 is 17.6. The number of phenolic OH excluding ortho intramolecular Hbond substituents is 1. The number of alkyl halides is 3. The standard InChI is InChI=1S/C28H29BrCl2N2O8/c1-41-19-11-14(6-9-18(19)34)22-15-7-8-16-21(24(38)32(23(16)37)10-4-2-3-5-20(35)36)17(15)12-27(30)25(39)33(13-29)26(40)28(22,27)31/h6-7,9,11,16-17,21-22,34H,2-5,8,10,12-13H2,1H3,(H,35,36)/t16-,17+,21-,22-,27+,28-/m0/s1. The van der Waals surface area contributed by atoms with Gasteiger partial charge in [0.1, 0.15) is 0 Å². The number of methoxy groups -OCH3 is 1. The summed E-state index contributed by atoms with van der Waals surface area (Å²) in [7, 11) is 1.38. The minimum atomic E-state index is -1.94. The first-order valence-electron chi connectivity index (χ1n) is 13.4. The summed E-state index contributed by atoms with van der Waals surface area (Å²) < 4.78 is 5.30. The van der Waals surface area contributed by atoms with Gasteiger partial charge in [0, 0.05) is 18.9 Å². The Labute approximate surface area is 254 Å². The molecule has 1 aromatic carbocycles. The number of benzene rings is 1. The van der Waals surface area contributed by atoms with Gasteiger partial charge in [0.15, 0.2) is 21.2 Å². The number of carbonyl (C=O) groups excluding carboxylic acids is 4. The molecule has 1 aromatic rings. The molecule has 0 bridgehead atoms. The molecule has 10 nitrogen and oxygen atoms in total. The van der Waals surface area contributed by atoms with Gasteiger partial charge >= 0.3 is 5.97 Å². The fourth-order valence-electron chi connectivity index (χ4n) is 7.01. The van der Waals surface area contributed by atoms with Crippen molar-refractivity contribution in [1.82, 2.24) is 9.80 Å². The summed E-state index contributed by atoms with van der Waals surface area (Å²) in [6, 6.07) is 4.52. The zero-order chi connectivity index (χ0) is 29.9. The van der Waals surface area contributed by atoms with Crippen molar-refractivity contribution in [1.29, 1.82) is 0 Å². The smallest absolute Gasteiger partial charge is 0.303 e. The number of ether oxygens (including phenoxy) is 1. The monoisotopic (exact) mass is 670 g/mol. The van der Waals surface area contributed by atoms with E-state index in [1.54, 1.807) is 6.07 Å². The van der Waals surface area contributed by atoms with E-state index in [9.17, 15) is 29.1 Å². The van der Waals surface area contributed by atoms with Gasteiger partial charge < -0.3 is 14.9 Å². The zero-order valence-electron chi connectivity index (χ0n) is 22.1. The Morgan fingerprint density at radius 1 is 1.07 bits per heavy atom. The highest BCUT2D eigenvalue weighted by Crippen LogP contribution is 2.65. The number of allylic oxidation sites excluding steroid dienone is 2. The topological polar surface area (TPSA) is 142 Å². The van der Waals surface area contributed by atoms with Crippen LogP contribution >= 0.6 is 39.1 Å². The first-order valence-corrected chi connectivity index (χ1v) is 15.2. The lowest BCUT2D eigenvalue weighted by Gasteiger charge is -2.50. The van der Waals surface area contributed by atoms with Crippen molar-refractivity contribution in [2.45, 2.75) is 54.2 Å². The minimum absolute atomic E-state index is 0.0160. The van der Waals surface area contributed by atoms with Gasteiger partial charge in [-0.05, 0) is 49.3 Å². The lowest BCUT2D eigenvalue weighted by Crippen LogP contribution is -2.60. The second-order valence-electron chi connectivity index (χ2n) is 11.0. The van der Waals surface area contributed by atoms with E-state index in [0.29, 0.717) is 30.4 Å². The Bertz CT molecular complexity index is 1370. The Balaban J connectivity index is 1.55. The average Bonchev–Trinajstić information content (AvgIpc) is 3.26. The second-order valence-corrected chi connectivity index (χ2v) is 12.7. The van der Waals surface area contributed by atoms with Gasteiger partial charge in [0.05, 0.1) is 24.4 Å². The molecular weight excluding hydrogens is 643 g/mol. The highest BCUT2D eigenvalue weighted by atomic mass is 79.9. The summed E-state index contributed by atoms with van der Waals surface area (Å²) in [5, 5.41) is 19.1. The molecule has 2 aliphatic heterocycles. The van der Waals surface area contributed by atoms with Crippen molar-refractivity contribution < 1.29 is 38.9 Å². The lowest BCUT2D eigenvalue weighted by molar-refractivity contribution is -0.141. The first kappa shape index (κ1) is 29.8. The van der Waals surface area contributed by atoms with Crippen molar-refractivity contribution in [2.75, 3.05) is 19.1 Å². The zero-order valence-corrected chi connectivity index (χ0v) is 25.2. The molecule has 41 heavy (non-hydrogen) atoms. The van der Waals surface area contributed by atoms with E-state index in [-0.39, 0.29) is 54.6 Å². The number of carboxylic acid groups (broad SMARTS) is 1. The van der Waals surface area contributed by atoms with E-state index in [1.807, 2.05) is 6.08 Å². The first-order chi connectivity index (χ1) is 19.4. The quantitative estimate of drug-likeness (QED) is 0.133. The third kappa shape index (κ3) is 4.38. The van der Waals surface area contributed by atoms with Crippen LogP contribution in [0, 0.1) is 17.8 Å². The number of halogens is 3. The maximum atomic E-state index is 13.8. The maximum Gasteiger partial charge on any atom is 0.303 e. The molecule has 5 rings (SSSR count). The number of carbonyl (C=O) groups is 5. The molecule has 2 aliphatic carbocycles. The second kappa shape index (κ2) is 10.9. The molecule has 4 amide bonds. The van der Waals surface area contributed by atoms with Gasteiger partial charge in [0.2, 0.25) is 11.8 Å². The van der Waals surface area contributed by atoms with E-state index in [1.165, 1.54) is 24.1 Å². The van der Waals surface area contributed by atoms with Crippen LogP contribution in [0.5, 0.6) is 11.5 Å². The van der Waals surface area contributed by atoms with Crippen LogP contribution in [0.3, 0.4) is 0 Å². The Kier molecular flexibility index (Phi) is 7.93. The molecule has 3 fully saturated rings. The van der Waals surface area contributed by atoms with Crippen LogP contribution < -0.4 is 4.74 Å². The predicted molar refractivity (Wildman–Crippen MR) is 151 cm³/mol. The van der Waals surface area contributed by atoms with Crippen molar-refractivity contribution in [3.05, 3.63) is 35.4 Å². The maximum absolute atomic E-state index is 13.8. The molecule has 220 valence electrons. The van der Waals surface area contributed by atoms with Crippen molar-refractivity contribution in [2.24, 2.45) is 17.8 Å². The SMILES string of the molecule is COc1cc([C@H]2C3=CC[C@@H]4C(=O)N(CCCCCC(=O)O)C(=O)[C@@H]4[C@@H]3C[C@@]3(Cl)C(=O)N(CBr)C(=O)[C@@]23Cl)ccc1O. The van der Waals surface area contributed by atoms with Crippen LogP contribution in [0.1, 0.15) is 50.0 Å². The molecule has 2 heterocycles. The summed E-state index contributed by atoms with van der Waals surface area (Å²) in [4.78, 5) is 63.8. The summed E-state index contributed by atoms with van der Waals surface area (Å²) in [6.07, 6.45) is 3.45. The highest BCUT2D eigenvalue weighted by Gasteiger charge is 2.76. The van der Waals surface area contributed by atoms with Gasteiger partial charge in [-0.3, -0.25) is 33.8 Å². The van der Waals surface area contributed by atoms with E-state index in [2.05, 4.69) is 15.9 Å². The van der Waals surface area contributed by atoms with Crippen molar-refractivity contribution in [3.63, 3.8) is 0 Å².